The van der Waals surface area contributed by atoms with Crippen molar-refractivity contribution >= 4 is 11.9 Å². The first-order valence-corrected chi connectivity index (χ1v) is 5.67. The number of aromatic amines is 1. The van der Waals surface area contributed by atoms with Gasteiger partial charge in [0, 0.05) is 0 Å². The van der Waals surface area contributed by atoms with Crippen molar-refractivity contribution < 1.29 is 9.53 Å². The molecule has 0 saturated carbocycles. The second-order valence-corrected chi connectivity index (χ2v) is 3.65. The van der Waals surface area contributed by atoms with Gasteiger partial charge in [0.1, 0.15) is 12.1 Å². The molecule has 0 fully saturated rings. The third-order valence-electron chi connectivity index (χ3n) is 2.34. The van der Waals surface area contributed by atoms with Crippen molar-refractivity contribution in [3.63, 3.8) is 0 Å². The normalized spacial score (nSPS) is 11.8. The second-order valence-electron chi connectivity index (χ2n) is 3.65. The predicted octanol–water partition coefficient (Wildman–Crippen LogP) is 1.60. The number of benzene rings is 1. The Kier molecular flexibility index (Phi) is 3.90. The molecule has 1 amide bonds. The molecule has 6 nitrogen and oxygen atoms in total. The maximum atomic E-state index is 11.9. The van der Waals surface area contributed by atoms with Crippen LogP contribution in [0.25, 0.3) is 0 Å². The van der Waals surface area contributed by atoms with Gasteiger partial charge in [-0.05, 0) is 18.6 Å². The summed E-state index contributed by atoms with van der Waals surface area (Å²) >= 11 is 0. The summed E-state index contributed by atoms with van der Waals surface area (Å²) in [6, 6.07) is 9.23. The quantitative estimate of drug-likeness (QED) is 0.839. The van der Waals surface area contributed by atoms with E-state index in [9.17, 15) is 4.79 Å². The van der Waals surface area contributed by atoms with E-state index in [0.717, 1.165) is 0 Å². The number of hydrogen-bond donors (Lipinski definition) is 2. The fourth-order valence-electron chi connectivity index (χ4n) is 1.45. The van der Waals surface area contributed by atoms with Crippen molar-refractivity contribution in [1.82, 2.24) is 15.2 Å². The molecule has 1 heterocycles. The van der Waals surface area contributed by atoms with Gasteiger partial charge in [-0.25, -0.2) is 5.10 Å². The highest BCUT2D eigenvalue weighted by molar-refractivity contribution is 5.92. The monoisotopic (exact) mass is 246 g/mol. The molecule has 94 valence electrons. The molecule has 0 bridgehead atoms. The smallest absolute Gasteiger partial charge is 0.267 e. The Labute approximate surface area is 104 Å². The number of aromatic nitrogens is 3. The molecule has 6 heteroatoms. The molecular formula is C12H14N4O2. The van der Waals surface area contributed by atoms with E-state index in [4.69, 9.17) is 4.74 Å². The Balaban J connectivity index is 1.98. The number of amides is 1. The van der Waals surface area contributed by atoms with Gasteiger partial charge in [-0.2, -0.15) is 10.1 Å². The molecule has 0 spiro atoms. The third-order valence-corrected chi connectivity index (χ3v) is 2.34. The highest BCUT2D eigenvalue weighted by Gasteiger charge is 2.19. The van der Waals surface area contributed by atoms with Crippen LogP contribution in [0, 0.1) is 0 Å². The molecule has 0 aliphatic rings. The van der Waals surface area contributed by atoms with Crippen LogP contribution in [0.2, 0.25) is 0 Å². The summed E-state index contributed by atoms with van der Waals surface area (Å²) in [4.78, 5) is 15.7. The van der Waals surface area contributed by atoms with Crippen LogP contribution in [0.15, 0.2) is 36.7 Å². The van der Waals surface area contributed by atoms with Crippen molar-refractivity contribution in [2.24, 2.45) is 0 Å². The largest absolute Gasteiger partial charge is 0.481 e. The lowest BCUT2D eigenvalue weighted by molar-refractivity contribution is -0.122. The Hall–Kier alpha value is -2.37. The summed E-state index contributed by atoms with van der Waals surface area (Å²) in [7, 11) is 0. The van der Waals surface area contributed by atoms with E-state index >= 15 is 0 Å². The van der Waals surface area contributed by atoms with E-state index in [1.807, 2.05) is 37.3 Å². The zero-order valence-electron chi connectivity index (χ0n) is 9.96. The summed E-state index contributed by atoms with van der Waals surface area (Å²) in [5.41, 5.74) is 0. The number of anilines is 1. The lowest BCUT2D eigenvalue weighted by Crippen LogP contribution is -2.32. The molecule has 1 aromatic heterocycles. The minimum Gasteiger partial charge on any atom is -0.481 e. The van der Waals surface area contributed by atoms with Crippen LogP contribution in [0.5, 0.6) is 5.75 Å². The summed E-state index contributed by atoms with van der Waals surface area (Å²) in [6.45, 7) is 1.88. The van der Waals surface area contributed by atoms with Crippen LogP contribution in [0.4, 0.5) is 5.95 Å². The van der Waals surface area contributed by atoms with E-state index in [0.29, 0.717) is 18.1 Å². The minimum absolute atomic E-state index is 0.252. The third kappa shape index (κ3) is 3.07. The van der Waals surface area contributed by atoms with Crippen LogP contribution >= 0.6 is 0 Å². The van der Waals surface area contributed by atoms with Crippen LogP contribution < -0.4 is 10.1 Å². The van der Waals surface area contributed by atoms with Crippen molar-refractivity contribution in [2.75, 3.05) is 5.32 Å². The Morgan fingerprint density at radius 3 is 2.83 bits per heavy atom. The van der Waals surface area contributed by atoms with Gasteiger partial charge in [0.25, 0.3) is 5.91 Å². The van der Waals surface area contributed by atoms with E-state index in [1.165, 1.54) is 6.33 Å². The lowest BCUT2D eigenvalue weighted by Gasteiger charge is -2.16. The number of para-hydroxylation sites is 1. The fraction of sp³-hybridized carbons (Fsp3) is 0.250. The first-order valence-electron chi connectivity index (χ1n) is 5.67. The average Bonchev–Trinajstić information content (AvgIpc) is 2.90. The highest BCUT2D eigenvalue weighted by atomic mass is 16.5. The Bertz CT molecular complexity index is 484. The van der Waals surface area contributed by atoms with Gasteiger partial charge in [-0.3, -0.25) is 10.1 Å². The number of H-pyrrole nitrogens is 1. The number of carbonyl (C=O) groups excluding carboxylic acids is 1. The van der Waals surface area contributed by atoms with Crippen LogP contribution in [0.1, 0.15) is 13.3 Å². The van der Waals surface area contributed by atoms with E-state index in [1.54, 1.807) is 0 Å². The number of ether oxygens (including phenoxy) is 1. The SMILES string of the molecule is CC[C@@H](Oc1ccccc1)C(=O)Nc1ncn[nH]1. The molecule has 2 aromatic rings. The molecule has 0 aliphatic carbocycles. The summed E-state index contributed by atoms with van der Waals surface area (Å²) in [6.07, 6.45) is 1.33. The molecule has 1 atom stereocenters. The first-order chi connectivity index (χ1) is 8.79. The van der Waals surface area contributed by atoms with Crippen molar-refractivity contribution in [3.8, 4) is 5.75 Å². The summed E-state index contributed by atoms with van der Waals surface area (Å²) < 4.78 is 5.60. The molecule has 0 unspecified atom stereocenters. The standard InChI is InChI=1S/C12H14N4O2/c1-2-10(18-9-6-4-3-5-7-9)11(17)15-12-13-8-14-16-12/h3-8,10H,2H2,1H3,(H2,13,14,15,16,17)/t10-/m1/s1. The van der Waals surface area contributed by atoms with Crippen molar-refractivity contribution in [3.05, 3.63) is 36.7 Å². The maximum Gasteiger partial charge on any atom is 0.267 e. The number of rotatable bonds is 5. The molecule has 2 N–H and O–H groups in total. The Morgan fingerprint density at radius 2 is 2.22 bits per heavy atom. The van der Waals surface area contributed by atoms with Crippen LogP contribution in [-0.2, 0) is 4.79 Å². The van der Waals surface area contributed by atoms with Crippen molar-refractivity contribution in [1.29, 1.82) is 0 Å². The zero-order chi connectivity index (χ0) is 12.8. The molecule has 0 radical (unpaired) electrons. The van der Waals surface area contributed by atoms with Crippen LogP contribution in [-0.4, -0.2) is 27.2 Å². The topological polar surface area (TPSA) is 79.9 Å². The average molecular weight is 246 g/mol. The molecular weight excluding hydrogens is 232 g/mol. The predicted molar refractivity (Wildman–Crippen MR) is 66.2 cm³/mol. The lowest BCUT2D eigenvalue weighted by atomic mass is 10.2. The maximum absolute atomic E-state index is 11.9. The second kappa shape index (κ2) is 5.81. The molecule has 18 heavy (non-hydrogen) atoms. The van der Waals surface area contributed by atoms with Gasteiger partial charge in [-0.15, -0.1) is 0 Å². The van der Waals surface area contributed by atoms with Crippen molar-refractivity contribution in [2.45, 2.75) is 19.4 Å². The molecule has 0 aliphatic heterocycles. The van der Waals surface area contributed by atoms with Gasteiger partial charge < -0.3 is 4.74 Å². The molecule has 2 rings (SSSR count). The van der Waals surface area contributed by atoms with E-state index < -0.39 is 6.10 Å². The number of hydrogen-bond acceptors (Lipinski definition) is 4. The molecule has 1 aromatic carbocycles. The highest BCUT2D eigenvalue weighted by Crippen LogP contribution is 2.13. The van der Waals surface area contributed by atoms with Crippen LogP contribution in [0.3, 0.4) is 0 Å². The van der Waals surface area contributed by atoms with Gasteiger partial charge in [0.2, 0.25) is 5.95 Å². The number of nitrogens with one attached hydrogen (secondary N) is 2. The zero-order valence-corrected chi connectivity index (χ0v) is 9.96. The van der Waals surface area contributed by atoms with E-state index in [-0.39, 0.29) is 5.91 Å². The molecule has 0 saturated heterocycles. The summed E-state index contributed by atoms with van der Waals surface area (Å²) in [5, 5.41) is 8.82. The van der Waals surface area contributed by atoms with Gasteiger partial charge >= 0.3 is 0 Å². The minimum atomic E-state index is -0.558. The number of carbonyl (C=O) groups is 1. The van der Waals surface area contributed by atoms with Gasteiger partial charge in [-0.1, -0.05) is 25.1 Å². The first kappa shape index (κ1) is 12.1. The van der Waals surface area contributed by atoms with Gasteiger partial charge in [0.05, 0.1) is 0 Å². The number of nitrogens with zero attached hydrogens (tertiary/aromatic N) is 2. The van der Waals surface area contributed by atoms with E-state index in [2.05, 4.69) is 20.5 Å². The fourth-order valence-corrected chi connectivity index (χ4v) is 1.45. The Morgan fingerprint density at radius 1 is 1.44 bits per heavy atom. The van der Waals surface area contributed by atoms with Gasteiger partial charge in [0.15, 0.2) is 6.10 Å². The summed E-state index contributed by atoms with van der Waals surface area (Å²) in [5.74, 6) is 0.727.